The predicted molar refractivity (Wildman–Crippen MR) is 56.9 cm³/mol. The highest BCUT2D eigenvalue weighted by atomic mass is 16.2. The molecule has 3 nitrogen and oxygen atoms in total. The van der Waals surface area contributed by atoms with E-state index in [-0.39, 0.29) is 11.8 Å². The van der Waals surface area contributed by atoms with Crippen LogP contribution in [0.3, 0.4) is 0 Å². The summed E-state index contributed by atoms with van der Waals surface area (Å²) < 4.78 is 0. The first-order valence-electron chi connectivity index (χ1n) is 4.73. The Labute approximate surface area is 87.8 Å². The second kappa shape index (κ2) is 3.35. The van der Waals surface area contributed by atoms with Crippen molar-refractivity contribution in [1.29, 1.82) is 0 Å². The van der Waals surface area contributed by atoms with Gasteiger partial charge in [-0.05, 0) is 19.4 Å². The number of imide groups is 1. The van der Waals surface area contributed by atoms with Crippen LogP contribution in [0.2, 0.25) is 0 Å². The molecular formula is C12H11NO2. The summed E-state index contributed by atoms with van der Waals surface area (Å²) in [7, 11) is 0. The Kier molecular flexibility index (Phi) is 2.15. The quantitative estimate of drug-likeness (QED) is 0.698. The fourth-order valence-electron chi connectivity index (χ4n) is 1.61. The molecule has 0 unspecified atom stereocenters. The third-order valence-electron chi connectivity index (χ3n) is 2.51. The normalized spacial score (nSPS) is 15.9. The number of hydrogen-bond acceptors (Lipinski definition) is 2. The maximum Gasteiger partial charge on any atom is 0.259 e. The van der Waals surface area contributed by atoms with Gasteiger partial charge in [-0.3, -0.25) is 14.9 Å². The maximum atomic E-state index is 11.5. The molecule has 3 heteroatoms. The predicted octanol–water partition coefficient (Wildman–Crippen LogP) is 1.42. The summed E-state index contributed by atoms with van der Waals surface area (Å²) in [6.45, 7) is 3.64. The Balaban J connectivity index is 2.51. The van der Waals surface area contributed by atoms with E-state index in [9.17, 15) is 9.59 Å². The van der Waals surface area contributed by atoms with Gasteiger partial charge in [0.05, 0.1) is 5.57 Å². The molecule has 0 saturated carbocycles. The van der Waals surface area contributed by atoms with Crippen LogP contribution in [0.5, 0.6) is 0 Å². The molecule has 0 aliphatic carbocycles. The van der Waals surface area contributed by atoms with Gasteiger partial charge in [-0.15, -0.1) is 0 Å². The molecule has 2 amide bonds. The molecule has 1 aliphatic rings. The van der Waals surface area contributed by atoms with Crippen molar-refractivity contribution in [3.63, 3.8) is 0 Å². The van der Waals surface area contributed by atoms with Crippen molar-refractivity contribution in [2.24, 2.45) is 0 Å². The van der Waals surface area contributed by atoms with Crippen molar-refractivity contribution in [1.82, 2.24) is 5.32 Å². The number of benzene rings is 1. The minimum Gasteiger partial charge on any atom is -0.288 e. The van der Waals surface area contributed by atoms with E-state index in [2.05, 4.69) is 5.32 Å². The topological polar surface area (TPSA) is 46.2 Å². The highest BCUT2D eigenvalue weighted by Crippen LogP contribution is 2.23. The second-order valence-corrected chi connectivity index (χ2v) is 3.65. The van der Waals surface area contributed by atoms with Gasteiger partial charge < -0.3 is 0 Å². The van der Waals surface area contributed by atoms with Gasteiger partial charge in [0, 0.05) is 5.57 Å². The Hall–Kier alpha value is -1.90. The Morgan fingerprint density at radius 3 is 2.00 bits per heavy atom. The Bertz CT molecular complexity index is 469. The van der Waals surface area contributed by atoms with Crippen LogP contribution < -0.4 is 5.32 Å². The summed E-state index contributed by atoms with van der Waals surface area (Å²) in [6.07, 6.45) is 0. The largest absolute Gasteiger partial charge is 0.288 e. The monoisotopic (exact) mass is 201 g/mol. The van der Waals surface area contributed by atoms with E-state index in [1.165, 1.54) is 0 Å². The summed E-state index contributed by atoms with van der Waals surface area (Å²) in [4.78, 5) is 22.7. The van der Waals surface area contributed by atoms with E-state index >= 15 is 0 Å². The molecule has 0 saturated heterocycles. The zero-order valence-corrected chi connectivity index (χ0v) is 8.63. The molecule has 0 aromatic heterocycles. The minimum atomic E-state index is -0.304. The summed E-state index contributed by atoms with van der Waals surface area (Å²) in [5.74, 6) is -0.600. The Morgan fingerprint density at radius 2 is 1.53 bits per heavy atom. The lowest BCUT2D eigenvalue weighted by Crippen LogP contribution is -2.22. The van der Waals surface area contributed by atoms with Crippen molar-refractivity contribution in [2.75, 3.05) is 0 Å². The molecule has 15 heavy (non-hydrogen) atoms. The average molecular weight is 201 g/mol. The van der Waals surface area contributed by atoms with E-state index in [0.29, 0.717) is 11.1 Å². The lowest BCUT2D eigenvalue weighted by atomic mass is 10.0. The molecule has 0 bridgehead atoms. The van der Waals surface area contributed by atoms with Crippen molar-refractivity contribution in [2.45, 2.75) is 13.8 Å². The number of amides is 2. The second-order valence-electron chi connectivity index (χ2n) is 3.65. The van der Waals surface area contributed by atoms with Crippen molar-refractivity contribution < 1.29 is 9.59 Å². The van der Waals surface area contributed by atoms with Crippen molar-refractivity contribution >= 4 is 17.4 Å². The first kappa shape index (κ1) is 9.65. The fraction of sp³-hybridized carbons (Fsp3) is 0.167. The minimum absolute atomic E-state index is 0.296. The Morgan fingerprint density at radius 1 is 0.933 bits per heavy atom. The summed E-state index contributed by atoms with van der Waals surface area (Å²) >= 11 is 0. The number of carbonyl (C=O) groups excluding carboxylic acids is 2. The van der Waals surface area contributed by atoms with Gasteiger partial charge in [-0.2, -0.15) is 0 Å². The smallest absolute Gasteiger partial charge is 0.259 e. The third-order valence-corrected chi connectivity index (χ3v) is 2.51. The van der Waals surface area contributed by atoms with E-state index in [4.69, 9.17) is 0 Å². The molecule has 1 heterocycles. The summed E-state index contributed by atoms with van der Waals surface area (Å²) in [6, 6.07) is 7.55. The van der Waals surface area contributed by atoms with Gasteiger partial charge in [0.1, 0.15) is 0 Å². The van der Waals surface area contributed by atoms with Crippen LogP contribution in [-0.4, -0.2) is 11.8 Å². The molecule has 1 N–H and O–H groups in total. The van der Waals surface area contributed by atoms with Gasteiger partial charge >= 0.3 is 0 Å². The number of carbonyl (C=O) groups is 2. The molecular weight excluding hydrogens is 190 g/mol. The maximum absolute atomic E-state index is 11.5. The highest BCUT2D eigenvalue weighted by Gasteiger charge is 2.27. The zero-order valence-electron chi connectivity index (χ0n) is 8.63. The standard InChI is InChI=1S/C12H11NO2/c1-7-3-5-9(6-4-7)10-8(2)11(14)13-12(10)15/h3-6H,1-2H3,(H,13,14,15). The van der Waals surface area contributed by atoms with E-state index in [1.807, 2.05) is 31.2 Å². The van der Waals surface area contributed by atoms with Crippen molar-refractivity contribution in [3.05, 3.63) is 41.0 Å². The van der Waals surface area contributed by atoms with Crippen LogP contribution in [-0.2, 0) is 9.59 Å². The van der Waals surface area contributed by atoms with Crippen LogP contribution in [0.4, 0.5) is 0 Å². The molecule has 1 aromatic carbocycles. The highest BCUT2D eigenvalue weighted by molar-refractivity contribution is 6.35. The third kappa shape index (κ3) is 1.56. The van der Waals surface area contributed by atoms with Crippen LogP contribution in [0, 0.1) is 6.92 Å². The molecule has 76 valence electrons. The number of nitrogens with one attached hydrogen (secondary N) is 1. The number of aryl methyl sites for hydroxylation is 1. The van der Waals surface area contributed by atoms with Gasteiger partial charge in [-0.25, -0.2) is 0 Å². The first-order chi connectivity index (χ1) is 7.09. The molecule has 0 fully saturated rings. The lowest BCUT2D eigenvalue weighted by Gasteiger charge is -2.01. The number of rotatable bonds is 1. The van der Waals surface area contributed by atoms with Crippen LogP contribution in [0.25, 0.3) is 5.57 Å². The molecule has 2 rings (SSSR count). The van der Waals surface area contributed by atoms with Crippen molar-refractivity contribution in [3.8, 4) is 0 Å². The average Bonchev–Trinajstić information content (AvgIpc) is 2.44. The molecule has 0 spiro atoms. The fourth-order valence-corrected chi connectivity index (χ4v) is 1.61. The van der Waals surface area contributed by atoms with Gasteiger partial charge in [0.25, 0.3) is 11.8 Å². The number of hydrogen-bond donors (Lipinski definition) is 1. The summed E-state index contributed by atoms with van der Waals surface area (Å²) in [5.41, 5.74) is 2.90. The molecule has 0 atom stereocenters. The van der Waals surface area contributed by atoms with Gasteiger partial charge in [-0.1, -0.05) is 29.8 Å². The van der Waals surface area contributed by atoms with E-state index in [1.54, 1.807) is 6.92 Å². The first-order valence-corrected chi connectivity index (χ1v) is 4.73. The van der Waals surface area contributed by atoms with Crippen LogP contribution in [0.15, 0.2) is 29.8 Å². The molecule has 1 aromatic rings. The van der Waals surface area contributed by atoms with E-state index < -0.39 is 0 Å². The molecule has 1 aliphatic heterocycles. The van der Waals surface area contributed by atoms with Crippen LogP contribution >= 0.6 is 0 Å². The van der Waals surface area contributed by atoms with Crippen LogP contribution in [0.1, 0.15) is 18.1 Å². The van der Waals surface area contributed by atoms with Gasteiger partial charge in [0.2, 0.25) is 0 Å². The lowest BCUT2D eigenvalue weighted by molar-refractivity contribution is -0.123. The summed E-state index contributed by atoms with van der Waals surface area (Å²) in [5, 5.41) is 2.28. The molecule has 0 radical (unpaired) electrons. The zero-order chi connectivity index (χ0) is 11.0. The van der Waals surface area contributed by atoms with E-state index in [0.717, 1.165) is 11.1 Å². The van der Waals surface area contributed by atoms with Gasteiger partial charge in [0.15, 0.2) is 0 Å². The SMILES string of the molecule is CC1=C(c2ccc(C)cc2)C(=O)NC1=O.